The Morgan fingerprint density at radius 2 is 0.708 bits per heavy atom. The molecule has 0 spiro atoms. The predicted molar refractivity (Wildman–Crippen MR) is 213 cm³/mol. The monoisotopic (exact) mass is 693 g/mol. The Hall–Kier alpha value is -2.05. The molecule has 4 N–H and O–H groups in total. The summed E-state index contributed by atoms with van der Waals surface area (Å²) in [5.74, 6) is 1.95. The largest absolute Gasteiger partial charge is 0.507 e. The molecule has 0 aliphatic rings. The number of ether oxygens (including phenoxy) is 1. The summed E-state index contributed by atoms with van der Waals surface area (Å²) in [6, 6.07) is 0. The molecule has 0 aromatic heterocycles. The van der Waals surface area contributed by atoms with Gasteiger partial charge in [0.1, 0.15) is 23.0 Å². The molecule has 0 saturated carbocycles. The molecule has 0 aliphatic carbocycles. The summed E-state index contributed by atoms with van der Waals surface area (Å²) in [6.45, 7) is 14.3. The van der Waals surface area contributed by atoms with E-state index in [1.807, 2.05) is 41.5 Å². The van der Waals surface area contributed by atoms with Crippen molar-refractivity contribution in [1.82, 2.24) is 0 Å². The van der Waals surface area contributed by atoms with Gasteiger partial charge in [0.15, 0.2) is 0 Å². The smallest absolute Gasteiger partial charge is 0.122 e. The maximum Gasteiger partial charge on any atom is 0.122 e. The fourth-order valence-electron chi connectivity index (χ4n) is 6.22. The van der Waals surface area contributed by atoms with Gasteiger partial charge in [0, 0.05) is 17.7 Å². The fourth-order valence-corrected chi connectivity index (χ4v) is 6.35. The zero-order valence-electron chi connectivity index (χ0n) is 30.5. The molecule has 2 rings (SSSR count). The SMILES string of the molecule is C.C.CCCCCCCCCCCc1c(C)c(O)c(C)c(C)c1O.Cc1c(C)c(O)c(CCCCCCCCCCOCS)c(C)c1O. The first kappa shape index (κ1) is 48.1. The second kappa shape index (κ2) is 27.7. The van der Waals surface area contributed by atoms with Crippen LogP contribution in [0.3, 0.4) is 0 Å². The van der Waals surface area contributed by atoms with Gasteiger partial charge in [0.05, 0.1) is 5.94 Å². The van der Waals surface area contributed by atoms with Crippen LogP contribution in [-0.2, 0) is 17.6 Å². The highest BCUT2D eigenvalue weighted by Crippen LogP contribution is 2.38. The van der Waals surface area contributed by atoms with Crippen LogP contribution in [0.4, 0.5) is 0 Å². The van der Waals surface area contributed by atoms with Crippen LogP contribution in [0, 0.1) is 41.5 Å². The average Bonchev–Trinajstić information content (AvgIpc) is 3.05. The summed E-state index contributed by atoms with van der Waals surface area (Å²) in [4.78, 5) is 0. The number of unbranched alkanes of at least 4 members (excludes halogenated alkanes) is 15. The molecule has 48 heavy (non-hydrogen) atoms. The summed E-state index contributed by atoms with van der Waals surface area (Å²) < 4.78 is 5.20. The van der Waals surface area contributed by atoms with Crippen molar-refractivity contribution in [1.29, 1.82) is 0 Å². The van der Waals surface area contributed by atoms with Crippen molar-refractivity contribution in [2.75, 3.05) is 12.5 Å². The molecule has 6 heteroatoms. The van der Waals surface area contributed by atoms with Gasteiger partial charge in [-0.25, -0.2) is 0 Å². The zero-order chi connectivity index (χ0) is 34.5. The minimum absolute atomic E-state index is 0. The predicted octanol–water partition coefficient (Wildman–Crippen LogP) is 13.0. The summed E-state index contributed by atoms with van der Waals surface area (Å²) in [5.41, 5.74) is 6.73. The van der Waals surface area contributed by atoms with E-state index >= 15 is 0 Å². The average molecular weight is 693 g/mol. The van der Waals surface area contributed by atoms with Gasteiger partial charge >= 0.3 is 0 Å². The van der Waals surface area contributed by atoms with Crippen LogP contribution >= 0.6 is 12.6 Å². The van der Waals surface area contributed by atoms with E-state index in [0.717, 1.165) is 83.2 Å². The highest BCUT2D eigenvalue weighted by molar-refractivity contribution is 7.80. The molecular weight excluding hydrogens is 617 g/mol. The number of thiol groups is 1. The van der Waals surface area contributed by atoms with Crippen LogP contribution in [0.15, 0.2) is 0 Å². The Morgan fingerprint density at radius 1 is 0.417 bits per heavy atom. The number of phenols is 4. The molecule has 0 bridgehead atoms. The van der Waals surface area contributed by atoms with Crippen molar-refractivity contribution >= 4 is 12.6 Å². The van der Waals surface area contributed by atoms with Crippen molar-refractivity contribution in [3.8, 4) is 23.0 Å². The van der Waals surface area contributed by atoms with Gasteiger partial charge in [0.25, 0.3) is 0 Å². The third-order valence-electron chi connectivity index (χ3n) is 9.82. The Balaban J connectivity index is 0. The number of hydrogen-bond acceptors (Lipinski definition) is 6. The molecule has 0 radical (unpaired) electrons. The molecule has 0 aliphatic heterocycles. The first-order valence-electron chi connectivity index (χ1n) is 18.2. The van der Waals surface area contributed by atoms with E-state index in [1.165, 1.54) is 89.9 Å². The quantitative estimate of drug-likeness (QED) is 0.0367. The lowest BCUT2D eigenvalue weighted by molar-refractivity contribution is 0.178. The van der Waals surface area contributed by atoms with Gasteiger partial charge in [-0.05, 0) is 107 Å². The molecule has 2 aromatic carbocycles. The lowest BCUT2D eigenvalue weighted by Gasteiger charge is -2.15. The maximum atomic E-state index is 10.3. The molecule has 0 amide bonds. The summed E-state index contributed by atoms with van der Waals surface area (Å²) >= 11 is 4.01. The lowest BCUT2D eigenvalue weighted by Crippen LogP contribution is -1.97. The molecule has 280 valence electrons. The molecule has 0 saturated heterocycles. The van der Waals surface area contributed by atoms with Crippen molar-refractivity contribution in [3.63, 3.8) is 0 Å². The molecule has 0 heterocycles. The minimum Gasteiger partial charge on any atom is -0.507 e. The van der Waals surface area contributed by atoms with Crippen molar-refractivity contribution < 1.29 is 25.2 Å². The van der Waals surface area contributed by atoms with Gasteiger partial charge in [0.2, 0.25) is 0 Å². The van der Waals surface area contributed by atoms with Crippen LogP contribution in [0.1, 0.15) is 175 Å². The Labute approximate surface area is 302 Å². The highest BCUT2D eigenvalue weighted by atomic mass is 32.1. The van der Waals surface area contributed by atoms with Crippen molar-refractivity contribution in [2.45, 2.75) is 185 Å². The molecule has 0 unspecified atom stereocenters. The van der Waals surface area contributed by atoms with Crippen LogP contribution in [0.2, 0.25) is 0 Å². The van der Waals surface area contributed by atoms with E-state index in [0.29, 0.717) is 28.9 Å². The third kappa shape index (κ3) is 16.6. The van der Waals surface area contributed by atoms with Crippen LogP contribution in [-0.4, -0.2) is 33.0 Å². The normalized spacial score (nSPS) is 10.7. The number of phenolic OH excluding ortho intramolecular Hbond substituents is 4. The number of aromatic hydroxyl groups is 4. The topological polar surface area (TPSA) is 90.2 Å². The second-order valence-electron chi connectivity index (χ2n) is 13.3. The first-order valence-corrected chi connectivity index (χ1v) is 18.8. The minimum atomic E-state index is 0. The molecular formula is C42H76O5S. The van der Waals surface area contributed by atoms with Crippen molar-refractivity contribution in [2.24, 2.45) is 0 Å². The molecule has 2 aromatic rings. The van der Waals surface area contributed by atoms with E-state index in [2.05, 4.69) is 19.6 Å². The number of benzene rings is 2. The molecule has 0 atom stereocenters. The van der Waals surface area contributed by atoms with Crippen LogP contribution in [0.5, 0.6) is 23.0 Å². The summed E-state index contributed by atoms with van der Waals surface area (Å²) in [6.07, 6.45) is 23.1. The van der Waals surface area contributed by atoms with Crippen LogP contribution < -0.4 is 0 Å². The maximum absolute atomic E-state index is 10.3. The Morgan fingerprint density at radius 3 is 1.04 bits per heavy atom. The Kier molecular flexibility index (Phi) is 27.8. The van der Waals surface area contributed by atoms with E-state index in [9.17, 15) is 20.4 Å². The number of rotatable bonds is 22. The van der Waals surface area contributed by atoms with Crippen LogP contribution in [0.25, 0.3) is 0 Å². The lowest BCUT2D eigenvalue weighted by atomic mass is 9.94. The van der Waals surface area contributed by atoms with E-state index in [1.54, 1.807) is 0 Å². The van der Waals surface area contributed by atoms with Gasteiger partial charge in [-0.2, -0.15) is 12.6 Å². The van der Waals surface area contributed by atoms with E-state index in [4.69, 9.17) is 4.74 Å². The second-order valence-corrected chi connectivity index (χ2v) is 13.6. The van der Waals surface area contributed by atoms with Gasteiger partial charge in [-0.3, -0.25) is 0 Å². The zero-order valence-corrected chi connectivity index (χ0v) is 31.4. The van der Waals surface area contributed by atoms with E-state index < -0.39 is 0 Å². The molecule has 0 fully saturated rings. The first-order chi connectivity index (χ1) is 22.0. The van der Waals surface area contributed by atoms with Gasteiger partial charge < -0.3 is 25.2 Å². The standard InChI is InChI=1S/C20H34O3S.C20H34O2.2CH4/c1-15-16(2)20(22)18(17(3)19(15)21)12-10-8-6-4-5-7-9-11-13-23-14-24;1-5-6-7-8-9-10-11-12-13-14-18-17(4)19(21)15(2)16(3)20(18)22;;/h21-22,24H,4-14H2,1-3H3;21-22H,5-14H2,1-4H3;2*1H4. The fraction of sp³-hybridized carbons (Fsp3) is 0.714. The van der Waals surface area contributed by atoms with E-state index in [-0.39, 0.29) is 14.9 Å². The Bertz CT molecular complexity index is 1090. The molecule has 5 nitrogen and oxygen atoms in total. The third-order valence-corrected chi connectivity index (χ3v) is 10.0. The van der Waals surface area contributed by atoms with Gasteiger partial charge in [-0.1, -0.05) is 112 Å². The van der Waals surface area contributed by atoms with Crippen molar-refractivity contribution in [3.05, 3.63) is 44.5 Å². The van der Waals surface area contributed by atoms with Gasteiger partial charge in [-0.15, -0.1) is 0 Å². The highest BCUT2D eigenvalue weighted by Gasteiger charge is 2.17. The summed E-state index contributed by atoms with van der Waals surface area (Å²) in [5, 5.41) is 40.9. The number of hydrogen-bond donors (Lipinski definition) is 5. The summed E-state index contributed by atoms with van der Waals surface area (Å²) in [7, 11) is 0.